The number of nitrogens with one attached hydrogen (secondary N) is 1. The average molecular weight is 475 g/mol. The number of amides is 2. The molecule has 2 aromatic heterocycles. The number of nitrogens with zero attached hydrogens (tertiary/aromatic N) is 3. The lowest BCUT2D eigenvalue weighted by atomic mass is 10.2. The molecule has 9 heteroatoms. The summed E-state index contributed by atoms with van der Waals surface area (Å²) < 4.78 is 0. The van der Waals surface area contributed by atoms with E-state index in [1.54, 1.807) is 11.3 Å². The lowest BCUT2D eigenvalue weighted by Crippen LogP contribution is -2.48. The maximum absolute atomic E-state index is 12.7. The summed E-state index contributed by atoms with van der Waals surface area (Å²) >= 11 is 8.86. The van der Waals surface area contributed by atoms with Crippen LogP contribution >= 0.6 is 34.3 Å². The zero-order chi connectivity index (χ0) is 21.6. The van der Waals surface area contributed by atoms with Gasteiger partial charge >= 0.3 is 0 Å². The fourth-order valence-corrected chi connectivity index (χ4v) is 5.01. The zero-order valence-electron chi connectivity index (χ0n) is 16.9. The first-order chi connectivity index (χ1) is 15.0. The second-order valence-electron chi connectivity index (χ2n) is 7.41. The van der Waals surface area contributed by atoms with Gasteiger partial charge in [-0.05, 0) is 29.1 Å². The van der Waals surface area contributed by atoms with Gasteiger partial charge in [-0.15, -0.1) is 22.7 Å². The number of halogens is 1. The first-order valence-corrected chi connectivity index (χ1v) is 12.2. The van der Waals surface area contributed by atoms with Crippen LogP contribution in [-0.4, -0.2) is 52.8 Å². The van der Waals surface area contributed by atoms with Crippen LogP contribution in [0.2, 0.25) is 5.02 Å². The average Bonchev–Trinajstić information content (AvgIpc) is 3.42. The van der Waals surface area contributed by atoms with Crippen molar-refractivity contribution in [2.24, 2.45) is 0 Å². The SMILES string of the molecule is O=C(Cc1cccs1)Nc1nc(CC(=O)N2CCN(Cc3ccc(Cl)cc3)CC2)cs1. The van der Waals surface area contributed by atoms with Gasteiger partial charge < -0.3 is 10.2 Å². The molecule has 1 N–H and O–H groups in total. The number of aromatic nitrogens is 1. The molecule has 0 spiro atoms. The minimum atomic E-state index is -0.0912. The third kappa shape index (κ3) is 6.36. The first-order valence-electron chi connectivity index (χ1n) is 10.1. The predicted molar refractivity (Wildman–Crippen MR) is 126 cm³/mol. The molecule has 162 valence electrons. The van der Waals surface area contributed by atoms with Gasteiger partial charge in [0.1, 0.15) is 0 Å². The summed E-state index contributed by atoms with van der Waals surface area (Å²) in [6.45, 7) is 3.96. The monoisotopic (exact) mass is 474 g/mol. The molecule has 1 aromatic carbocycles. The molecule has 0 saturated carbocycles. The molecule has 1 saturated heterocycles. The molecular formula is C22H23ClN4O2S2. The van der Waals surface area contributed by atoms with Crippen LogP contribution in [0.15, 0.2) is 47.2 Å². The van der Waals surface area contributed by atoms with E-state index >= 15 is 0 Å². The first kappa shape index (κ1) is 22.0. The van der Waals surface area contributed by atoms with Crippen molar-refractivity contribution in [1.29, 1.82) is 0 Å². The molecule has 6 nitrogen and oxygen atoms in total. The van der Waals surface area contributed by atoms with Crippen molar-refractivity contribution in [3.63, 3.8) is 0 Å². The van der Waals surface area contributed by atoms with E-state index in [-0.39, 0.29) is 18.2 Å². The summed E-state index contributed by atoms with van der Waals surface area (Å²) in [5.41, 5.74) is 1.92. The summed E-state index contributed by atoms with van der Waals surface area (Å²) in [4.78, 5) is 34.5. The lowest BCUT2D eigenvalue weighted by Gasteiger charge is -2.34. The van der Waals surface area contributed by atoms with Gasteiger partial charge in [-0.1, -0.05) is 29.8 Å². The maximum Gasteiger partial charge on any atom is 0.231 e. The van der Waals surface area contributed by atoms with Crippen molar-refractivity contribution in [1.82, 2.24) is 14.8 Å². The smallest absolute Gasteiger partial charge is 0.231 e. The Hall–Kier alpha value is -2.26. The van der Waals surface area contributed by atoms with Crippen LogP contribution in [0.25, 0.3) is 0 Å². The quantitative estimate of drug-likeness (QED) is 0.563. The van der Waals surface area contributed by atoms with Gasteiger partial charge in [0, 0.05) is 48.0 Å². The second-order valence-corrected chi connectivity index (χ2v) is 9.74. The van der Waals surface area contributed by atoms with Crippen LogP contribution in [-0.2, 0) is 29.0 Å². The Morgan fingerprint density at radius 3 is 2.52 bits per heavy atom. The third-order valence-corrected chi connectivity index (χ3v) is 7.02. The molecule has 31 heavy (non-hydrogen) atoms. The number of benzene rings is 1. The van der Waals surface area contributed by atoms with Gasteiger partial charge in [0.15, 0.2) is 5.13 Å². The van der Waals surface area contributed by atoms with Gasteiger partial charge in [0.05, 0.1) is 18.5 Å². The highest BCUT2D eigenvalue weighted by atomic mass is 35.5. The molecular weight excluding hydrogens is 452 g/mol. The van der Waals surface area contributed by atoms with Crippen molar-refractivity contribution < 1.29 is 9.59 Å². The van der Waals surface area contributed by atoms with Crippen molar-refractivity contribution in [2.75, 3.05) is 31.5 Å². The van der Waals surface area contributed by atoms with Crippen molar-refractivity contribution in [3.05, 3.63) is 68.3 Å². The van der Waals surface area contributed by atoms with E-state index in [2.05, 4.69) is 15.2 Å². The Labute approximate surface area is 194 Å². The number of rotatable bonds is 7. The minimum Gasteiger partial charge on any atom is -0.340 e. The van der Waals surface area contributed by atoms with E-state index in [9.17, 15) is 9.59 Å². The van der Waals surface area contributed by atoms with Gasteiger partial charge in [-0.25, -0.2) is 4.98 Å². The van der Waals surface area contributed by atoms with Crippen molar-refractivity contribution in [2.45, 2.75) is 19.4 Å². The molecule has 0 radical (unpaired) electrons. The fourth-order valence-electron chi connectivity index (χ4n) is 3.45. The van der Waals surface area contributed by atoms with Crippen LogP contribution in [0.4, 0.5) is 5.13 Å². The predicted octanol–water partition coefficient (Wildman–Crippen LogP) is 3.93. The number of carbonyl (C=O) groups is 2. The Balaban J connectivity index is 1.22. The van der Waals surface area contributed by atoms with Gasteiger partial charge in [-0.3, -0.25) is 14.5 Å². The highest BCUT2D eigenvalue weighted by Gasteiger charge is 2.22. The molecule has 2 amide bonds. The third-order valence-electron chi connectivity index (χ3n) is 5.09. The van der Waals surface area contributed by atoms with E-state index in [0.717, 1.165) is 29.5 Å². The number of thiazole rings is 1. The highest BCUT2D eigenvalue weighted by Crippen LogP contribution is 2.18. The van der Waals surface area contributed by atoms with E-state index in [4.69, 9.17) is 11.6 Å². The Kier molecular flexibility index (Phi) is 7.34. The summed E-state index contributed by atoms with van der Waals surface area (Å²) in [6, 6.07) is 11.8. The van der Waals surface area contributed by atoms with Crippen LogP contribution in [0.3, 0.4) is 0 Å². The minimum absolute atomic E-state index is 0.0768. The van der Waals surface area contributed by atoms with E-state index < -0.39 is 0 Å². The standard InChI is InChI=1S/C22H23ClN4O2S2/c23-17-5-3-16(4-6-17)14-26-7-9-27(10-8-26)21(29)12-18-15-31-22(24-18)25-20(28)13-19-2-1-11-30-19/h1-6,11,15H,7-10,12-14H2,(H,24,25,28). The highest BCUT2D eigenvalue weighted by molar-refractivity contribution is 7.14. The normalized spacial score (nSPS) is 14.5. The van der Waals surface area contributed by atoms with Gasteiger partial charge in [-0.2, -0.15) is 0 Å². The molecule has 0 atom stereocenters. The Morgan fingerprint density at radius 2 is 1.81 bits per heavy atom. The summed E-state index contributed by atoms with van der Waals surface area (Å²) in [7, 11) is 0. The fraction of sp³-hybridized carbons (Fsp3) is 0.318. The lowest BCUT2D eigenvalue weighted by molar-refractivity contribution is -0.132. The zero-order valence-corrected chi connectivity index (χ0v) is 19.3. The summed E-state index contributed by atoms with van der Waals surface area (Å²) in [6.07, 6.45) is 0.598. The Morgan fingerprint density at radius 1 is 1.03 bits per heavy atom. The molecule has 0 bridgehead atoms. The maximum atomic E-state index is 12.7. The molecule has 0 unspecified atom stereocenters. The number of anilines is 1. The van der Waals surface area contributed by atoms with E-state index in [0.29, 0.717) is 30.3 Å². The van der Waals surface area contributed by atoms with Gasteiger partial charge in [0.25, 0.3) is 0 Å². The summed E-state index contributed by atoms with van der Waals surface area (Å²) in [5, 5.41) is 7.90. The van der Waals surface area contributed by atoms with Gasteiger partial charge in [0.2, 0.25) is 11.8 Å². The number of carbonyl (C=O) groups excluding carboxylic acids is 2. The topological polar surface area (TPSA) is 65.5 Å². The van der Waals surface area contributed by atoms with Crippen LogP contribution in [0.5, 0.6) is 0 Å². The van der Waals surface area contributed by atoms with Crippen LogP contribution in [0.1, 0.15) is 16.1 Å². The number of thiophene rings is 1. The number of hydrogen-bond donors (Lipinski definition) is 1. The summed E-state index contributed by atoms with van der Waals surface area (Å²) in [5.74, 6) is -0.0145. The largest absolute Gasteiger partial charge is 0.340 e. The molecule has 3 heterocycles. The number of piperazine rings is 1. The van der Waals surface area contributed by atoms with Crippen molar-refractivity contribution in [3.8, 4) is 0 Å². The molecule has 3 aromatic rings. The Bertz CT molecular complexity index is 1010. The molecule has 1 aliphatic heterocycles. The molecule has 1 fully saturated rings. The molecule has 1 aliphatic rings. The van der Waals surface area contributed by atoms with E-state index in [1.807, 2.05) is 52.1 Å². The number of hydrogen-bond acceptors (Lipinski definition) is 6. The molecule has 4 rings (SSSR count). The van der Waals surface area contributed by atoms with Crippen LogP contribution in [0, 0.1) is 0 Å². The van der Waals surface area contributed by atoms with Crippen molar-refractivity contribution >= 4 is 51.2 Å². The second kappa shape index (κ2) is 10.4. The molecule has 0 aliphatic carbocycles. The van der Waals surface area contributed by atoms with Crippen LogP contribution < -0.4 is 5.32 Å². The van der Waals surface area contributed by atoms with E-state index in [1.165, 1.54) is 16.9 Å².